The standard InChI is InChI=1S/C17H18N2/c18-10-4-7-15-12-19-17-9-8-14(11-16(15)17)13-5-2-1-3-6-13/h1-3,5-6,8-9,11-12,19H,4,7,10,18H2. The smallest absolute Gasteiger partial charge is 0.0457 e. The van der Waals surface area contributed by atoms with E-state index in [0.717, 1.165) is 19.4 Å². The van der Waals surface area contributed by atoms with Crippen molar-refractivity contribution in [3.63, 3.8) is 0 Å². The van der Waals surface area contributed by atoms with Gasteiger partial charge in [0.25, 0.3) is 0 Å². The van der Waals surface area contributed by atoms with Crippen LogP contribution in [-0.2, 0) is 6.42 Å². The van der Waals surface area contributed by atoms with Crippen molar-refractivity contribution in [3.05, 3.63) is 60.3 Å². The monoisotopic (exact) mass is 250 g/mol. The molecule has 19 heavy (non-hydrogen) atoms. The number of aromatic nitrogens is 1. The highest BCUT2D eigenvalue weighted by atomic mass is 14.7. The van der Waals surface area contributed by atoms with Gasteiger partial charge in [0.1, 0.15) is 0 Å². The van der Waals surface area contributed by atoms with Crippen LogP contribution in [0.2, 0.25) is 0 Å². The number of fused-ring (bicyclic) bond motifs is 1. The predicted molar refractivity (Wildman–Crippen MR) is 81.1 cm³/mol. The van der Waals surface area contributed by atoms with Gasteiger partial charge in [0.15, 0.2) is 0 Å². The van der Waals surface area contributed by atoms with Gasteiger partial charge in [0.05, 0.1) is 0 Å². The average Bonchev–Trinajstić information content (AvgIpc) is 2.88. The van der Waals surface area contributed by atoms with Crippen molar-refractivity contribution in [2.24, 2.45) is 5.73 Å². The Labute approximate surface area is 113 Å². The summed E-state index contributed by atoms with van der Waals surface area (Å²) in [5, 5.41) is 1.31. The number of H-pyrrole nitrogens is 1. The SMILES string of the molecule is NCCCc1c[nH]c2ccc(-c3ccccc3)cc12. The molecule has 0 fully saturated rings. The second-order valence-electron chi connectivity index (χ2n) is 4.83. The number of benzene rings is 2. The van der Waals surface area contributed by atoms with Crippen molar-refractivity contribution in [2.75, 3.05) is 6.54 Å². The van der Waals surface area contributed by atoms with E-state index in [1.54, 1.807) is 0 Å². The van der Waals surface area contributed by atoms with Gasteiger partial charge in [-0.25, -0.2) is 0 Å². The summed E-state index contributed by atoms with van der Waals surface area (Å²) in [6, 6.07) is 17.1. The predicted octanol–water partition coefficient (Wildman–Crippen LogP) is 3.73. The molecule has 0 atom stereocenters. The highest BCUT2D eigenvalue weighted by Crippen LogP contribution is 2.26. The summed E-state index contributed by atoms with van der Waals surface area (Å²) in [7, 11) is 0. The second-order valence-corrected chi connectivity index (χ2v) is 4.83. The lowest BCUT2D eigenvalue weighted by molar-refractivity contribution is 0.837. The summed E-state index contributed by atoms with van der Waals surface area (Å²) < 4.78 is 0. The van der Waals surface area contributed by atoms with Crippen LogP contribution in [0.25, 0.3) is 22.0 Å². The van der Waals surface area contributed by atoms with Gasteiger partial charge in [-0.1, -0.05) is 36.4 Å². The number of hydrogen-bond acceptors (Lipinski definition) is 1. The van der Waals surface area contributed by atoms with Crippen molar-refractivity contribution >= 4 is 10.9 Å². The van der Waals surface area contributed by atoms with Gasteiger partial charge >= 0.3 is 0 Å². The topological polar surface area (TPSA) is 41.8 Å². The molecular weight excluding hydrogens is 232 g/mol. The number of nitrogens with one attached hydrogen (secondary N) is 1. The normalized spacial score (nSPS) is 11.0. The van der Waals surface area contributed by atoms with E-state index in [1.807, 2.05) is 6.07 Å². The minimum Gasteiger partial charge on any atom is -0.361 e. The first-order chi connectivity index (χ1) is 9.38. The molecule has 0 aliphatic heterocycles. The van der Waals surface area contributed by atoms with E-state index in [0.29, 0.717) is 0 Å². The quantitative estimate of drug-likeness (QED) is 0.728. The second kappa shape index (κ2) is 5.29. The highest BCUT2D eigenvalue weighted by Gasteiger charge is 2.05. The van der Waals surface area contributed by atoms with E-state index in [2.05, 4.69) is 53.6 Å². The Kier molecular flexibility index (Phi) is 3.34. The molecule has 0 aliphatic carbocycles. The highest BCUT2D eigenvalue weighted by molar-refractivity contribution is 5.88. The number of aryl methyl sites for hydroxylation is 1. The van der Waals surface area contributed by atoms with Gasteiger partial charge in [-0.3, -0.25) is 0 Å². The summed E-state index contributed by atoms with van der Waals surface area (Å²) in [6.07, 6.45) is 4.17. The maximum absolute atomic E-state index is 5.60. The number of aromatic amines is 1. The van der Waals surface area contributed by atoms with Crippen LogP contribution in [0.15, 0.2) is 54.7 Å². The fourth-order valence-electron chi connectivity index (χ4n) is 2.49. The van der Waals surface area contributed by atoms with Crippen molar-refractivity contribution in [1.29, 1.82) is 0 Å². The molecule has 2 heteroatoms. The lowest BCUT2D eigenvalue weighted by atomic mass is 10.0. The molecule has 0 spiro atoms. The van der Waals surface area contributed by atoms with E-state index < -0.39 is 0 Å². The summed E-state index contributed by atoms with van der Waals surface area (Å²) in [6.45, 7) is 0.741. The molecule has 0 amide bonds. The van der Waals surface area contributed by atoms with Crippen LogP contribution in [0, 0.1) is 0 Å². The minimum atomic E-state index is 0.741. The Hall–Kier alpha value is -2.06. The third kappa shape index (κ3) is 2.40. The van der Waals surface area contributed by atoms with Gasteiger partial charge in [-0.15, -0.1) is 0 Å². The Bertz CT molecular complexity index is 668. The van der Waals surface area contributed by atoms with Gasteiger partial charge in [-0.05, 0) is 48.2 Å². The Morgan fingerprint density at radius 3 is 2.58 bits per heavy atom. The minimum absolute atomic E-state index is 0.741. The van der Waals surface area contributed by atoms with Crippen LogP contribution < -0.4 is 5.73 Å². The van der Waals surface area contributed by atoms with Crippen LogP contribution in [0.4, 0.5) is 0 Å². The maximum Gasteiger partial charge on any atom is 0.0457 e. The molecule has 2 aromatic carbocycles. The molecule has 0 radical (unpaired) electrons. The molecular formula is C17H18N2. The first-order valence-electron chi connectivity index (χ1n) is 6.74. The Balaban J connectivity index is 2.04. The molecule has 1 aromatic heterocycles. The van der Waals surface area contributed by atoms with Crippen LogP contribution >= 0.6 is 0 Å². The lowest BCUT2D eigenvalue weighted by Crippen LogP contribution is -1.99. The first-order valence-corrected chi connectivity index (χ1v) is 6.74. The van der Waals surface area contributed by atoms with Crippen LogP contribution in [0.1, 0.15) is 12.0 Å². The van der Waals surface area contributed by atoms with Gasteiger partial charge < -0.3 is 10.7 Å². The molecule has 0 saturated carbocycles. The third-order valence-corrected chi connectivity index (χ3v) is 3.52. The zero-order valence-corrected chi connectivity index (χ0v) is 10.9. The fourth-order valence-corrected chi connectivity index (χ4v) is 2.49. The zero-order valence-electron chi connectivity index (χ0n) is 10.9. The average molecular weight is 250 g/mol. The first kappa shape index (κ1) is 12.0. The zero-order chi connectivity index (χ0) is 13.1. The molecule has 1 heterocycles. The van der Waals surface area contributed by atoms with Crippen molar-refractivity contribution in [2.45, 2.75) is 12.8 Å². The molecule has 3 aromatic rings. The van der Waals surface area contributed by atoms with Crippen molar-refractivity contribution < 1.29 is 0 Å². The number of rotatable bonds is 4. The summed E-state index contributed by atoms with van der Waals surface area (Å²) in [5.74, 6) is 0. The van der Waals surface area contributed by atoms with E-state index in [-0.39, 0.29) is 0 Å². The molecule has 0 unspecified atom stereocenters. The molecule has 96 valence electrons. The Morgan fingerprint density at radius 2 is 1.79 bits per heavy atom. The fraction of sp³-hybridized carbons (Fsp3) is 0.176. The number of nitrogens with two attached hydrogens (primary N) is 1. The third-order valence-electron chi connectivity index (χ3n) is 3.52. The van der Waals surface area contributed by atoms with Gasteiger partial charge in [0.2, 0.25) is 0 Å². The maximum atomic E-state index is 5.60. The largest absolute Gasteiger partial charge is 0.361 e. The molecule has 3 rings (SSSR count). The molecule has 3 N–H and O–H groups in total. The molecule has 2 nitrogen and oxygen atoms in total. The van der Waals surface area contributed by atoms with E-state index in [9.17, 15) is 0 Å². The van der Waals surface area contributed by atoms with Crippen LogP contribution in [0.5, 0.6) is 0 Å². The summed E-state index contributed by atoms with van der Waals surface area (Å²) >= 11 is 0. The lowest BCUT2D eigenvalue weighted by Gasteiger charge is -2.03. The van der Waals surface area contributed by atoms with E-state index >= 15 is 0 Å². The van der Waals surface area contributed by atoms with Gasteiger partial charge in [0, 0.05) is 17.1 Å². The summed E-state index contributed by atoms with van der Waals surface area (Å²) in [5.41, 5.74) is 10.7. The van der Waals surface area contributed by atoms with E-state index in [4.69, 9.17) is 5.73 Å². The van der Waals surface area contributed by atoms with Gasteiger partial charge in [-0.2, -0.15) is 0 Å². The van der Waals surface area contributed by atoms with E-state index in [1.165, 1.54) is 27.6 Å². The molecule has 0 aliphatic rings. The number of hydrogen-bond donors (Lipinski definition) is 2. The van der Waals surface area contributed by atoms with Crippen molar-refractivity contribution in [1.82, 2.24) is 4.98 Å². The Morgan fingerprint density at radius 1 is 0.947 bits per heavy atom. The summed E-state index contributed by atoms with van der Waals surface area (Å²) in [4.78, 5) is 3.33. The van der Waals surface area contributed by atoms with Crippen LogP contribution in [-0.4, -0.2) is 11.5 Å². The van der Waals surface area contributed by atoms with Crippen LogP contribution in [0.3, 0.4) is 0 Å². The van der Waals surface area contributed by atoms with Crippen molar-refractivity contribution in [3.8, 4) is 11.1 Å². The molecule has 0 bridgehead atoms. The molecule has 0 saturated heterocycles.